The Bertz CT molecular complexity index is 1180. The summed E-state index contributed by atoms with van der Waals surface area (Å²) in [5.41, 5.74) is 1.95. The average Bonchev–Trinajstić information content (AvgIpc) is 3.09. The number of rotatable bonds is 5. The molecule has 1 radical (unpaired) electrons. The minimum atomic E-state index is -0.545. The summed E-state index contributed by atoms with van der Waals surface area (Å²) in [6.07, 6.45) is 3.21. The summed E-state index contributed by atoms with van der Waals surface area (Å²) in [5.74, 6) is 0.0568. The summed E-state index contributed by atoms with van der Waals surface area (Å²) >= 11 is 7.63. The van der Waals surface area contributed by atoms with Gasteiger partial charge < -0.3 is 9.47 Å². The fourth-order valence-electron chi connectivity index (χ4n) is 2.74. The van der Waals surface area contributed by atoms with Gasteiger partial charge in [-0.2, -0.15) is 4.98 Å². The van der Waals surface area contributed by atoms with Gasteiger partial charge in [0.15, 0.2) is 5.82 Å². The van der Waals surface area contributed by atoms with Crippen LogP contribution in [0, 0.1) is 12.2 Å². The summed E-state index contributed by atoms with van der Waals surface area (Å²) in [6.45, 7) is 3.67. The molecule has 0 spiro atoms. The number of benzene rings is 1. The van der Waals surface area contributed by atoms with E-state index >= 15 is 0 Å². The lowest BCUT2D eigenvalue weighted by atomic mass is 10.1. The van der Waals surface area contributed by atoms with Gasteiger partial charge in [0, 0.05) is 22.0 Å². The Kier molecular flexibility index (Phi) is 5.03. The van der Waals surface area contributed by atoms with Crippen molar-refractivity contribution in [2.45, 2.75) is 20.0 Å². The van der Waals surface area contributed by atoms with Crippen LogP contribution in [-0.2, 0) is 0 Å². The van der Waals surface area contributed by atoms with Crippen molar-refractivity contribution in [1.29, 1.82) is 0 Å². The van der Waals surface area contributed by atoms with Crippen LogP contribution in [-0.4, -0.2) is 28.2 Å². The van der Waals surface area contributed by atoms with Gasteiger partial charge >= 0.3 is 0 Å². The van der Waals surface area contributed by atoms with Crippen LogP contribution in [0.5, 0.6) is 11.6 Å². The van der Waals surface area contributed by atoms with E-state index in [0.29, 0.717) is 26.1 Å². The maximum Gasteiger partial charge on any atom is 0.252 e. The van der Waals surface area contributed by atoms with Crippen molar-refractivity contribution >= 4 is 44.2 Å². The zero-order valence-electron chi connectivity index (χ0n) is 15.4. The second-order valence-electron chi connectivity index (χ2n) is 6.18. The van der Waals surface area contributed by atoms with Gasteiger partial charge in [0.1, 0.15) is 27.2 Å². The van der Waals surface area contributed by atoms with Crippen molar-refractivity contribution < 1.29 is 13.9 Å². The number of hydrogen-bond donors (Lipinski definition) is 0. The van der Waals surface area contributed by atoms with Gasteiger partial charge in [-0.3, -0.25) is 4.98 Å². The van der Waals surface area contributed by atoms with Gasteiger partial charge in [0.25, 0.3) is 5.88 Å². The highest BCUT2D eigenvalue weighted by Gasteiger charge is 2.17. The third kappa shape index (κ3) is 3.47. The number of nitrogens with zero attached hydrogens (tertiary/aromatic N) is 3. The maximum atomic E-state index is 14.3. The lowest BCUT2D eigenvalue weighted by Gasteiger charge is -2.11. The number of thiazole rings is 1. The van der Waals surface area contributed by atoms with Gasteiger partial charge in [0.05, 0.1) is 18.8 Å². The third-order valence-electron chi connectivity index (χ3n) is 4.26. The van der Waals surface area contributed by atoms with E-state index in [1.807, 2.05) is 32.4 Å². The predicted molar refractivity (Wildman–Crippen MR) is 110 cm³/mol. The second-order valence-corrected chi connectivity index (χ2v) is 7.59. The highest BCUT2D eigenvalue weighted by Crippen LogP contribution is 2.37. The van der Waals surface area contributed by atoms with Crippen LogP contribution in [0.2, 0.25) is 5.02 Å². The zero-order valence-corrected chi connectivity index (χ0v) is 16.9. The van der Waals surface area contributed by atoms with Gasteiger partial charge in [-0.1, -0.05) is 29.9 Å². The first-order valence-electron chi connectivity index (χ1n) is 8.55. The van der Waals surface area contributed by atoms with Gasteiger partial charge in [0.2, 0.25) is 0 Å². The number of halogens is 2. The molecule has 0 aliphatic carbocycles. The lowest BCUT2D eigenvalue weighted by Crippen LogP contribution is -2.12. The summed E-state index contributed by atoms with van der Waals surface area (Å²) in [6, 6.07) is 6.81. The van der Waals surface area contributed by atoms with E-state index in [9.17, 15) is 4.39 Å². The van der Waals surface area contributed by atoms with Crippen LogP contribution in [0.25, 0.3) is 31.8 Å². The number of pyridine rings is 2. The normalized spacial score (nSPS) is 12.5. The molecule has 4 rings (SSSR count). The Morgan fingerprint density at radius 1 is 1.21 bits per heavy atom. The Morgan fingerprint density at radius 2 is 2.04 bits per heavy atom. The topological polar surface area (TPSA) is 57.1 Å². The van der Waals surface area contributed by atoms with E-state index in [4.69, 9.17) is 21.1 Å². The Hall–Kier alpha value is -2.51. The molecule has 143 valence electrons. The Balaban J connectivity index is 1.85. The molecule has 0 saturated heterocycles. The summed E-state index contributed by atoms with van der Waals surface area (Å²) in [5, 5.41) is 2.03. The number of fused-ring (bicyclic) bond motifs is 2. The second kappa shape index (κ2) is 7.48. The van der Waals surface area contributed by atoms with Crippen LogP contribution in [0.3, 0.4) is 0 Å². The van der Waals surface area contributed by atoms with Gasteiger partial charge in [-0.15, -0.1) is 0 Å². The minimum Gasteiger partial charge on any atom is -0.495 e. The molecule has 0 N–H and O–H groups in total. The van der Waals surface area contributed by atoms with Crippen molar-refractivity contribution in [3.63, 3.8) is 0 Å². The van der Waals surface area contributed by atoms with Crippen LogP contribution in [0.1, 0.15) is 13.8 Å². The average molecular weight is 417 g/mol. The molecule has 0 fully saturated rings. The number of aromatic nitrogens is 3. The zero-order chi connectivity index (χ0) is 19.8. The van der Waals surface area contributed by atoms with E-state index in [2.05, 4.69) is 15.0 Å². The van der Waals surface area contributed by atoms with Gasteiger partial charge in [-0.05, 0) is 31.5 Å². The first-order chi connectivity index (χ1) is 13.5. The molecule has 0 aliphatic heterocycles. The quantitative estimate of drug-likeness (QED) is 0.417. The Labute approximate surface area is 170 Å². The molecule has 4 aromatic rings. The fraction of sp³-hybridized carbons (Fsp3) is 0.200. The standard InChI is InChI=1S/C20H16ClFN3O2S/c1-4-10(2)27-18-15(22)8-16-20(25-18)28-19(24-16)14-7-12(21)5-11-6-13(26-3)9-23-17(11)14/h4-10H,1-3H3/t10-/m0/s1. The van der Waals surface area contributed by atoms with Crippen molar-refractivity contribution in [3.8, 4) is 22.2 Å². The highest BCUT2D eigenvalue weighted by atomic mass is 35.5. The van der Waals surface area contributed by atoms with Crippen molar-refractivity contribution in [2.24, 2.45) is 0 Å². The highest BCUT2D eigenvalue weighted by molar-refractivity contribution is 7.21. The molecule has 0 amide bonds. The molecular formula is C20H16ClFN3O2S. The van der Waals surface area contributed by atoms with E-state index < -0.39 is 5.82 Å². The van der Waals surface area contributed by atoms with E-state index in [-0.39, 0.29) is 12.0 Å². The first-order valence-corrected chi connectivity index (χ1v) is 9.75. The fourth-order valence-corrected chi connectivity index (χ4v) is 3.89. The number of ether oxygens (including phenoxy) is 2. The molecule has 0 bridgehead atoms. The molecule has 28 heavy (non-hydrogen) atoms. The molecular weight excluding hydrogens is 401 g/mol. The van der Waals surface area contributed by atoms with Crippen LogP contribution >= 0.6 is 22.9 Å². The number of methoxy groups -OCH3 is 1. The van der Waals surface area contributed by atoms with Crippen molar-refractivity contribution in [2.75, 3.05) is 7.11 Å². The molecule has 8 heteroatoms. The molecule has 1 atom stereocenters. The van der Waals surface area contributed by atoms with E-state index in [0.717, 1.165) is 16.5 Å². The molecule has 0 unspecified atom stereocenters. The minimum absolute atomic E-state index is 0.0351. The van der Waals surface area contributed by atoms with E-state index in [1.54, 1.807) is 19.4 Å². The molecule has 0 aliphatic rings. The molecule has 1 aromatic carbocycles. The Morgan fingerprint density at radius 3 is 2.79 bits per heavy atom. The lowest BCUT2D eigenvalue weighted by molar-refractivity contribution is 0.232. The summed E-state index contributed by atoms with van der Waals surface area (Å²) in [4.78, 5) is 13.9. The summed E-state index contributed by atoms with van der Waals surface area (Å²) in [7, 11) is 1.58. The predicted octanol–water partition coefficient (Wildman–Crippen LogP) is 5.70. The third-order valence-corrected chi connectivity index (χ3v) is 5.48. The SMILES string of the molecule is C[CH][C@H](C)Oc1nc2sc(-c3cc(Cl)cc4cc(OC)cnc34)nc2cc1F. The van der Waals surface area contributed by atoms with Crippen LogP contribution in [0.15, 0.2) is 30.5 Å². The van der Waals surface area contributed by atoms with Crippen LogP contribution < -0.4 is 9.47 Å². The first kappa shape index (κ1) is 18.8. The van der Waals surface area contributed by atoms with Crippen molar-refractivity contribution in [3.05, 3.63) is 47.7 Å². The molecule has 3 aromatic heterocycles. The summed E-state index contributed by atoms with van der Waals surface area (Å²) < 4.78 is 25.1. The molecule has 0 saturated carbocycles. The largest absolute Gasteiger partial charge is 0.495 e. The molecule has 5 nitrogen and oxygen atoms in total. The molecule has 3 heterocycles. The maximum absolute atomic E-state index is 14.3. The van der Waals surface area contributed by atoms with Crippen molar-refractivity contribution in [1.82, 2.24) is 15.0 Å². The van der Waals surface area contributed by atoms with E-state index in [1.165, 1.54) is 17.4 Å². The number of hydrogen-bond acceptors (Lipinski definition) is 6. The van der Waals surface area contributed by atoms with Gasteiger partial charge in [-0.25, -0.2) is 9.37 Å². The monoisotopic (exact) mass is 416 g/mol. The smallest absolute Gasteiger partial charge is 0.252 e. The van der Waals surface area contributed by atoms with Crippen LogP contribution in [0.4, 0.5) is 4.39 Å².